The first-order valence-corrected chi connectivity index (χ1v) is 5.43. The van der Waals surface area contributed by atoms with Crippen LogP contribution in [0, 0.1) is 5.41 Å². The predicted octanol–water partition coefficient (Wildman–Crippen LogP) is 3.29. The molecule has 0 aromatic carbocycles. The summed E-state index contributed by atoms with van der Waals surface area (Å²) in [6.07, 6.45) is 9.85. The molecule has 0 atom stereocenters. The second kappa shape index (κ2) is 4.80. The maximum atomic E-state index is 8.96. The molecule has 0 amide bonds. The zero-order valence-electron chi connectivity index (χ0n) is 8.97. The van der Waals surface area contributed by atoms with Gasteiger partial charge in [-0.15, -0.1) is 0 Å². The topological polar surface area (TPSA) is 20.2 Å². The Bertz CT molecular complexity index is 174. The standard InChI is InChI=1S/C12H22O/c1-11(2)5-3-6-12(9-10-13)7-4-8-12/h5,13H,3-4,6-10H2,1-2H3. The van der Waals surface area contributed by atoms with Crippen LogP contribution < -0.4 is 0 Å². The van der Waals surface area contributed by atoms with E-state index >= 15 is 0 Å². The molecule has 1 saturated carbocycles. The lowest BCUT2D eigenvalue weighted by Gasteiger charge is -2.41. The smallest absolute Gasteiger partial charge is 0.0436 e. The fourth-order valence-corrected chi connectivity index (χ4v) is 2.21. The molecule has 0 saturated heterocycles. The van der Waals surface area contributed by atoms with E-state index in [1.165, 1.54) is 37.7 Å². The molecular formula is C12H22O. The Hall–Kier alpha value is -0.300. The molecule has 0 aliphatic heterocycles. The van der Waals surface area contributed by atoms with Crippen molar-refractivity contribution in [1.29, 1.82) is 0 Å². The molecule has 0 aromatic heterocycles. The van der Waals surface area contributed by atoms with Crippen LogP contribution in [0.5, 0.6) is 0 Å². The first-order valence-electron chi connectivity index (χ1n) is 5.43. The van der Waals surface area contributed by atoms with Gasteiger partial charge in [0.15, 0.2) is 0 Å². The molecule has 1 heteroatoms. The molecule has 1 N–H and O–H groups in total. The molecule has 13 heavy (non-hydrogen) atoms. The maximum Gasteiger partial charge on any atom is 0.0436 e. The lowest BCUT2D eigenvalue weighted by atomic mass is 9.64. The zero-order chi connectivity index (χ0) is 9.73. The van der Waals surface area contributed by atoms with E-state index in [-0.39, 0.29) is 0 Å². The van der Waals surface area contributed by atoms with Gasteiger partial charge in [-0.25, -0.2) is 0 Å². The van der Waals surface area contributed by atoms with Crippen molar-refractivity contribution in [2.75, 3.05) is 6.61 Å². The molecule has 1 aliphatic rings. The van der Waals surface area contributed by atoms with Gasteiger partial charge in [0.1, 0.15) is 0 Å². The summed E-state index contributed by atoms with van der Waals surface area (Å²) >= 11 is 0. The van der Waals surface area contributed by atoms with Crippen molar-refractivity contribution in [3.63, 3.8) is 0 Å². The summed E-state index contributed by atoms with van der Waals surface area (Å²) in [6.45, 7) is 4.67. The van der Waals surface area contributed by atoms with Gasteiger partial charge in [-0.05, 0) is 51.4 Å². The average molecular weight is 182 g/mol. The number of aliphatic hydroxyl groups is 1. The molecule has 0 unspecified atom stereocenters. The minimum absolute atomic E-state index is 0.370. The third-order valence-corrected chi connectivity index (χ3v) is 3.28. The molecule has 1 rings (SSSR count). The highest BCUT2D eigenvalue weighted by Gasteiger charge is 2.35. The van der Waals surface area contributed by atoms with E-state index in [2.05, 4.69) is 19.9 Å². The van der Waals surface area contributed by atoms with Crippen molar-refractivity contribution < 1.29 is 5.11 Å². The highest BCUT2D eigenvalue weighted by molar-refractivity contribution is 4.96. The summed E-state index contributed by atoms with van der Waals surface area (Å²) in [4.78, 5) is 0. The highest BCUT2D eigenvalue weighted by atomic mass is 16.3. The summed E-state index contributed by atoms with van der Waals surface area (Å²) in [7, 11) is 0. The molecular weight excluding hydrogens is 160 g/mol. The third kappa shape index (κ3) is 3.15. The fraction of sp³-hybridized carbons (Fsp3) is 0.833. The quantitative estimate of drug-likeness (QED) is 0.647. The van der Waals surface area contributed by atoms with E-state index in [1.807, 2.05) is 0 Å². The molecule has 0 aromatic rings. The van der Waals surface area contributed by atoms with E-state index in [0.29, 0.717) is 12.0 Å². The van der Waals surface area contributed by atoms with Crippen LogP contribution in [0.4, 0.5) is 0 Å². The Morgan fingerprint density at radius 1 is 1.31 bits per heavy atom. The highest BCUT2D eigenvalue weighted by Crippen LogP contribution is 2.47. The van der Waals surface area contributed by atoms with E-state index in [9.17, 15) is 0 Å². The molecule has 1 nitrogen and oxygen atoms in total. The van der Waals surface area contributed by atoms with Crippen LogP contribution in [0.1, 0.15) is 52.4 Å². The van der Waals surface area contributed by atoms with Crippen LogP contribution in [-0.2, 0) is 0 Å². The number of rotatable bonds is 5. The van der Waals surface area contributed by atoms with Crippen molar-refractivity contribution in [2.24, 2.45) is 5.41 Å². The summed E-state index contributed by atoms with van der Waals surface area (Å²) in [5, 5.41) is 8.96. The average Bonchev–Trinajstić information content (AvgIpc) is 1.99. The zero-order valence-corrected chi connectivity index (χ0v) is 8.97. The lowest BCUT2D eigenvalue weighted by molar-refractivity contribution is 0.0783. The predicted molar refractivity (Wildman–Crippen MR) is 56.7 cm³/mol. The Kier molecular flexibility index (Phi) is 3.98. The third-order valence-electron chi connectivity index (χ3n) is 3.28. The largest absolute Gasteiger partial charge is 0.396 e. The first-order chi connectivity index (χ1) is 6.18. The Morgan fingerprint density at radius 3 is 2.38 bits per heavy atom. The van der Waals surface area contributed by atoms with Crippen molar-refractivity contribution >= 4 is 0 Å². The van der Waals surface area contributed by atoms with Crippen LogP contribution in [0.15, 0.2) is 11.6 Å². The van der Waals surface area contributed by atoms with E-state index in [1.54, 1.807) is 0 Å². The van der Waals surface area contributed by atoms with Gasteiger partial charge in [0.2, 0.25) is 0 Å². The van der Waals surface area contributed by atoms with Crippen LogP contribution >= 0.6 is 0 Å². The Balaban J connectivity index is 2.28. The minimum atomic E-state index is 0.370. The number of hydrogen-bond donors (Lipinski definition) is 1. The van der Waals surface area contributed by atoms with Crippen LogP contribution in [0.2, 0.25) is 0 Å². The van der Waals surface area contributed by atoms with E-state index in [0.717, 1.165) is 6.42 Å². The SMILES string of the molecule is CC(C)=CCCC1(CCO)CCC1. The lowest BCUT2D eigenvalue weighted by Crippen LogP contribution is -2.30. The molecule has 0 spiro atoms. The first kappa shape index (κ1) is 10.8. The summed E-state index contributed by atoms with van der Waals surface area (Å²) in [5.74, 6) is 0. The van der Waals surface area contributed by atoms with Crippen molar-refractivity contribution in [1.82, 2.24) is 0 Å². The van der Waals surface area contributed by atoms with E-state index < -0.39 is 0 Å². The Morgan fingerprint density at radius 2 is 2.00 bits per heavy atom. The van der Waals surface area contributed by atoms with Crippen LogP contribution in [0.25, 0.3) is 0 Å². The van der Waals surface area contributed by atoms with Crippen LogP contribution in [-0.4, -0.2) is 11.7 Å². The van der Waals surface area contributed by atoms with Gasteiger partial charge in [0, 0.05) is 6.61 Å². The normalized spacial score (nSPS) is 19.3. The van der Waals surface area contributed by atoms with Crippen molar-refractivity contribution in [2.45, 2.75) is 52.4 Å². The fourth-order valence-electron chi connectivity index (χ4n) is 2.21. The van der Waals surface area contributed by atoms with Gasteiger partial charge in [-0.3, -0.25) is 0 Å². The molecule has 1 fully saturated rings. The molecule has 0 bridgehead atoms. The second-order valence-electron chi connectivity index (χ2n) is 4.65. The summed E-state index contributed by atoms with van der Waals surface area (Å²) < 4.78 is 0. The molecule has 1 aliphatic carbocycles. The molecule has 0 heterocycles. The second-order valence-corrected chi connectivity index (χ2v) is 4.65. The van der Waals surface area contributed by atoms with Gasteiger partial charge in [-0.1, -0.05) is 18.1 Å². The van der Waals surface area contributed by atoms with Gasteiger partial charge in [0.25, 0.3) is 0 Å². The van der Waals surface area contributed by atoms with Crippen molar-refractivity contribution in [3.8, 4) is 0 Å². The van der Waals surface area contributed by atoms with Gasteiger partial charge >= 0.3 is 0 Å². The van der Waals surface area contributed by atoms with Gasteiger partial charge < -0.3 is 5.11 Å². The van der Waals surface area contributed by atoms with E-state index in [4.69, 9.17) is 5.11 Å². The number of aliphatic hydroxyl groups excluding tert-OH is 1. The Labute approximate surface area is 81.9 Å². The molecule has 76 valence electrons. The monoisotopic (exact) mass is 182 g/mol. The minimum Gasteiger partial charge on any atom is -0.396 e. The number of hydrogen-bond acceptors (Lipinski definition) is 1. The maximum absolute atomic E-state index is 8.96. The molecule has 0 radical (unpaired) electrons. The van der Waals surface area contributed by atoms with Gasteiger partial charge in [0.05, 0.1) is 0 Å². The number of allylic oxidation sites excluding steroid dienone is 2. The van der Waals surface area contributed by atoms with Gasteiger partial charge in [-0.2, -0.15) is 0 Å². The summed E-state index contributed by atoms with van der Waals surface area (Å²) in [5.41, 5.74) is 1.93. The van der Waals surface area contributed by atoms with Crippen LogP contribution in [0.3, 0.4) is 0 Å². The summed E-state index contributed by atoms with van der Waals surface area (Å²) in [6, 6.07) is 0. The van der Waals surface area contributed by atoms with Crippen molar-refractivity contribution in [3.05, 3.63) is 11.6 Å².